The number of ether oxygens (including phenoxy) is 1. The molecule has 0 bridgehead atoms. The van der Waals surface area contributed by atoms with Gasteiger partial charge < -0.3 is 15.8 Å². The van der Waals surface area contributed by atoms with Gasteiger partial charge in [0, 0.05) is 5.56 Å². The lowest BCUT2D eigenvalue weighted by atomic mass is 9.82. The number of amides is 2. The first-order chi connectivity index (χ1) is 11.8. The molecule has 25 heavy (non-hydrogen) atoms. The van der Waals surface area contributed by atoms with E-state index >= 15 is 0 Å². The summed E-state index contributed by atoms with van der Waals surface area (Å²) in [6, 6.07) is 16.1. The molecule has 3 N–H and O–H groups in total. The van der Waals surface area contributed by atoms with Crippen molar-refractivity contribution in [1.82, 2.24) is 5.32 Å². The van der Waals surface area contributed by atoms with Gasteiger partial charge in [0.25, 0.3) is 5.91 Å². The number of hydrogen-bond donors (Lipinski definition) is 2. The largest absolute Gasteiger partial charge is 0.484 e. The van der Waals surface area contributed by atoms with Gasteiger partial charge in [-0.2, -0.15) is 0 Å². The summed E-state index contributed by atoms with van der Waals surface area (Å²) in [5, 5.41) is 3.04. The smallest absolute Gasteiger partial charge is 0.258 e. The summed E-state index contributed by atoms with van der Waals surface area (Å²) < 4.78 is 5.49. The van der Waals surface area contributed by atoms with Gasteiger partial charge in [-0.15, -0.1) is 0 Å². The van der Waals surface area contributed by atoms with E-state index in [9.17, 15) is 9.59 Å². The molecule has 2 amide bonds. The van der Waals surface area contributed by atoms with Gasteiger partial charge in [0.05, 0.1) is 6.04 Å². The van der Waals surface area contributed by atoms with Crippen molar-refractivity contribution in [2.45, 2.75) is 26.8 Å². The molecule has 0 fully saturated rings. The minimum atomic E-state index is -0.500. The fourth-order valence-corrected chi connectivity index (χ4v) is 2.51. The molecule has 5 heteroatoms. The molecule has 2 aromatic rings. The van der Waals surface area contributed by atoms with Crippen LogP contribution in [-0.2, 0) is 4.79 Å². The van der Waals surface area contributed by atoms with E-state index in [2.05, 4.69) is 26.1 Å². The van der Waals surface area contributed by atoms with Crippen LogP contribution in [0.2, 0.25) is 0 Å². The summed E-state index contributed by atoms with van der Waals surface area (Å²) in [5.41, 5.74) is 6.50. The SMILES string of the molecule is CC(C)(C)C(NC(=O)COc1ccc(C(N)=O)cc1)c1ccccc1. The molecule has 0 saturated heterocycles. The van der Waals surface area contributed by atoms with Crippen LogP contribution in [0.3, 0.4) is 0 Å². The molecule has 0 aliphatic heterocycles. The quantitative estimate of drug-likeness (QED) is 0.848. The maximum atomic E-state index is 12.3. The van der Waals surface area contributed by atoms with Gasteiger partial charge in [0.1, 0.15) is 5.75 Å². The zero-order valence-corrected chi connectivity index (χ0v) is 14.8. The Bertz CT molecular complexity index is 719. The summed E-state index contributed by atoms with van der Waals surface area (Å²) >= 11 is 0. The van der Waals surface area contributed by atoms with Crippen molar-refractivity contribution >= 4 is 11.8 Å². The van der Waals surface area contributed by atoms with Gasteiger partial charge in [-0.05, 0) is 35.2 Å². The minimum Gasteiger partial charge on any atom is -0.484 e. The molecule has 0 aliphatic rings. The third-order valence-corrected chi connectivity index (χ3v) is 3.81. The van der Waals surface area contributed by atoms with E-state index in [1.807, 2.05) is 30.3 Å². The highest BCUT2D eigenvalue weighted by Crippen LogP contribution is 2.32. The average Bonchev–Trinajstić information content (AvgIpc) is 2.58. The minimum absolute atomic E-state index is 0.102. The Balaban J connectivity index is 1.98. The third-order valence-electron chi connectivity index (χ3n) is 3.81. The van der Waals surface area contributed by atoms with Crippen molar-refractivity contribution in [2.24, 2.45) is 11.1 Å². The highest BCUT2D eigenvalue weighted by atomic mass is 16.5. The second-order valence-electron chi connectivity index (χ2n) is 6.95. The second kappa shape index (κ2) is 7.83. The Morgan fingerprint density at radius 1 is 1.04 bits per heavy atom. The van der Waals surface area contributed by atoms with Crippen LogP contribution in [0.5, 0.6) is 5.75 Å². The molecular weight excluding hydrogens is 316 g/mol. The van der Waals surface area contributed by atoms with Crippen molar-refractivity contribution in [3.05, 3.63) is 65.7 Å². The molecule has 0 aromatic heterocycles. The number of nitrogens with one attached hydrogen (secondary N) is 1. The second-order valence-corrected chi connectivity index (χ2v) is 6.95. The molecule has 5 nitrogen and oxygen atoms in total. The molecule has 0 heterocycles. The summed E-state index contributed by atoms with van der Waals surface area (Å²) in [7, 11) is 0. The Kier molecular flexibility index (Phi) is 5.80. The number of nitrogens with two attached hydrogens (primary N) is 1. The van der Waals surface area contributed by atoms with Crippen LogP contribution in [0.4, 0.5) is 0 Å². The van der Waals surface area contributed by atoms with Crippen LogP contribution in [0.25, 0.3) is 0 Å². The molecule has 0 aliphatic carbocycles. The van der Waals surface area contributed by atoms with Gasteiger partial charge in [0.15, 0.2) is 6.61 Å². The first-order valence-electron chi connectivity index (χ1n) is 8.14. The Labute approximate surface area is 148 Å². The Morgan fingerprint density at radius 2 is 1.64 bits per heavy atom. The zero-order chi connectivity index (χ0) is 18.4. The maximum absolute atomic E-state index is 12.3. The van der Waals surface area contributed by atoms with Crippen molar-refractivity contribution in [1.29, 1.82) is 0 Å². The van der Waals surface area contributed by atoms with Gasteiger partial charge in [-0.25, -0.2) is 0 Å². The lowest BCUT2D eigenvalue weighted by Crippen LogP contribution is -2.39. The fraction of sp³-hybridized carbons (Fsp3) is 0.300. The molecule has 0 radical (unpaired) electrons. The van der Waals surface area contributed by atoms with E-state index in [1.165, 1.54) is 0 Å². The normalized spacial score (nSPS) is 12.3. The topological polar surface area (TPSA) is 81.4 Å². The Morgan fingerprint density at radius 3 is 2.16 bits per heavy atom. The van der Waals surface area contributed by atoms with Crippen LogP contribution in [0.15, 0.2) is 54.6 Å². The van der Waals surface area contributed by atoms with Crippen LogP contribution in [0.1, 0.15) is 42.7 Å². The standard InChI is InChI=1S/C20H24N2O3/c1-20(2,3)18(14-7-5-4-6-8-14)22-17(23)13-25-16-11-9-15(10-12-16)19(21)24/h4-12,18H,13H2,1-3H3,(H2,21,24)(H,22,23). The molecule has 1 unspecified atom stereocenters. The van der Waals surface area contributed by atoms with Crippen molar-refractivity contribution in [2.75, 3.05) is 6.61 Å². The molecule has 1 atom stereocenters. The highest BCUT2D eigenvalue weighted by Gasteiger charge is 2.27. The molecule has 0 spiro atoms. The highest BCUT2D eigenvalue weighted by molar-refractivity contribution is 5.92. The van der Waals surface area contributed by atoms with E-state index in [0.717, 1.165) is 5.56 Å². The Hall–Kier alpha value is -2.82. The van der Waals surface area contributed by atoms with Gasteiger partial charge in [0.2, 0.25) is 5.91 Å². The van der Waals surface area contributed by atoms with Crippen LogP contribution in [0, 0.1) is 5.41 Å². The predicted octanol–water partition coefficient (Wildman–Crippen LogP) is 3.07. The zero-order valence-electron chi connectivity index (χ0n) is 14.8. The molecular formula is C20H24N2O3. The number of primary amides is 1. The van der Waals surface area contributed by atoms with E-state index in [0.29, 0.717) is 11.3 Å². The molecule has 132 valence electrons. The van der Waals surface area contributed by atoms with E-state index in [1.54, 1.807) is 24.3 Å². The average molecular weight is 340 g/mol. The first-order valence-corrected chi connectivity index (χ1v) is 8.14. The van der Waals surface area contributed by atoms with Gasteiger partial charge in [-0.1, -0.05) is 51.1 Å². The maximum Gasteiger partial charge on any atom is 0.258 e. The van der Waals surface area contributed by atoms with Crippen molar-refractivity contribution < 1.29 is 14.3 Å². The molecule has 2 aromatic carbocycles. The van der Waals surface area contributed by atoms with Gasteiger partial charge >= 0.3 is 0 Å². The van der Waals surface area contributed by atoms with E-state index < -0.39 is 5.91 Å². The van der Waals surface area contributed by atoms with Crippen LogP contribution >= 0.6 is 0 Å². The summed E-state index contributed by atoms with van der Waals surface area (Å²) in [4.78, 5) is 23.4. The van der Waals surface area contributed by atoms with Crippen LogP contribution < -0.4 is 15.8 Å². The fourth-order valence-electron chi connectivity index (χ4n) is 2.51. The molecule has 2 rings (SSSR count). The first kappa shape index (κ1) is 18.5. The number of benzene rings is 2. The van der Waals surface area contributed by atoms with Crippen molar-refractivity contribution in [3.8, 4) is 5.75 Å². The lowest BCUT2D eigenvalue weighted by molar-refractivity contribution is -0.124. The third kappa shape index (κ3) is 5.35. The van der Waals surface area contributed by atoms with Gasteiger partial charge in [-0.3, -0.25) is 9.59 Å². The number of carbonyl (C=O) groups is 2. The van der Waals surface area contributed by atoms with Crippen LogP contribution in [-0.4, -0.2) is 18.4 Å². The monoisotopic (exact) mass is 340 g/mol. The number of rotatable bonds is 6. The van der Waals surface area contributed by atoms with E-state index in [4.69, 9.17) is 10.5 Å². The summed E-state index contributed by atoms with van der Waals surface area (Å²) in [6.45, 7) is 6.13. The number of hydrogen-bond acceptors (Lipinski definition) is 3. The number of carbonyl (C=O) groups excluding carboxylic acids is 2. The summed E-state index contributed by atoms with van der Waals surface area (Å²) in [5.74, 6) is -0.199. The lowest BCUT2D eigenvalue weighted by Gasteiger charge is -2.32. The summed E-state index contributed by atoms with van der Waals surface area (Å²) in [6.07, 6.45) is 0. The predicted molar refractivity (Wildman–Crippen MR) is 97.2 cm³/mol. The molecule has 0 saturated carbocycles. The van der Waals surface area contributed by atoms with E-state index in [-0.39, 0.29) is 24.0 Å². The van der Waals surface area contributed by atoms with Crippen molar-refractivity contribution in [3.63, 3.8) is 0 Å².